The van der Waals surface area contributed by atoms with Crippen molar-refractivity contribution in [2.45, 2.75) is 52.9 Å². The zero-order valence-electron chi connectivity index (χ0n) is 16.3. The summed E-state index contributed by atoms with van der Waals surface area (Å²) < 4.78 is 0. The molecule has 0 aromatic heterocycles. The maximum Gasteiger partial charge on any atom is -0.00425 e. The summed E-state index contributed by atoms with van der Waals surface area (Å²) in [6.45, 7) is 11.2. The molecule has 136 valence electrons. The highest BCUT2D eigenvalue weighted by Gasteiger charge is 2.07. The predicted octanol–water partition coefficient (Wildman–Crippen LogP) is 6.59. The average molecular weight is 338 g/mol. The first kappa shape index (κ1) is 21.2. The molecule has 1 heteroatoms. The Morgan fingerprint density at radius 1 is 1.24 bits per heavy atom. The van der Waals surface area contributed by atoms with Crippen molar-refractivity contribution in [1.29, 1.82) is 0 Å². The number of hydrogen-bond donors (Lipinski definition) is 1. The van der Waals surface area contributed by atoms with E-state index in [1.807, 2.05) is 6.92 Å². The highest BCUT2D eigenvalue weighted by molar-refractivity contribution is 5.40. The minimum Gasteiger partial charge on any atom is -0.330 e. The van der Waals surface area contributed by atoms with Crippen molar-refractivity contribution in [2.24, 2.45) is 11.7 Å². The van der Waals surface area contributed by atoms with E-state index in [2.05, 4.69) is 75.1 Å². The van der Waals surface area contributed by atoms with Gasteiger partial charge in [0.15, 0.2) is 0 Å². The van der Waals surface area contributed by atoms with E-state index in [-0.39, 0.29) is 0 Å². The Bertz CT molecular complexity index is 594. The molecule has 0 aromatic rings. The number of hydrogen-bond acceptors (Lipinski definition) is 1. The third-order valence-corrected chi connectivity index (χ3v) is 4.51. The van der Waals surface area contributed by atoms with Crippen molar-refractivity contribution < 1.29 is 0 Å². The topological polar surface area (TPSA) is 26.0 Å². The van der Waals surface area contributed by atoms with Gasteiger partial charge in [0.1, 0.15) is 0 Å². The van der Waals surface area contributed by atoms with Gasteiger partial charge in [-0.05, 0) is 76.5 Å². The van der Waals surface area contributed by atoms with Gasteiger partial charge in [0.25, 0.3) is 0 Å². The lowest BCUT2D eigenvalue weighted by Crippen LogP contribution is -2.00. The number of allylic oxidation sites excluding steroid dienone is 12. The second-order valence-electron chi connectivity index (χ2n) is 6.79. The lowest BCUT2D eigenvalue weighted by Gasteiger charge is -2.14. The van der Waals surface area contributed by atoms with Crippen LogP contribution in [-0.4, -0.2) is 6.54 Å². The molecule has 1 atom stereocenters. The van der Waals surface area contributed by atoms with Gasteiger partial charge in [0.05, 0.1) is 0 Å². The maximum absolute atomic E-state index is 5.69. The molecule has 0 amide bonds. The van der Waals surface area contributed by atoms with Gasteiger partial charge in [-0.15, -0.1) is 0 Å². The minimum atomic E-state index is 0.678. The van der Waals surface area contributed by atoms with Gasteiger partial charge in [-0.2, -0.15) is 0 Å². The molecule has 2 N–H and O–H groups in total. The van der Waals surface area contributed by atoms with Crippen molar-refractivity contribution in [3.8, 4) is 0 Å². The lowest BCUT2D eigenvalue weighted by molar-refractivity contribution is 0.588. The number of nitrogens with two attached hydrogens (primary N) is 1. The smallest absolute Gasteiger partial charge is 0.00425 e. The summed E-state index contributed by atoms with van der Waals surface area (Å²) in [6.07, 6.45) is 25.3. The zero-order valence-corrected chi connectivity index (χ0v) is 16.3. The largest absolute Gasteiger partial charge is 0.330 e. The molecule has 0 aliphatic heterocycles. The van der Waals surface area contributed by atoms with Gasteiger partial charge in [-0.25, -0.2) is 0 Å². The van der Waals surface area contributed by atoms with Crippen LogP contribution in [0.3, 0.4) is 0 Å². The molecule has 1 aliphatic carbocycles. The van der Waals surface area contributed by atoms with E-state index in [0.29, 0.717) is 5.92 Å². The van der Waals surface area contributed by atoms with Gasteiger partial charge < -0.3 is 5.73 Å². The monoisotopic (exact) mass is 337 g/mol. The maximum atomic E-state index is 5.69. The van der Waals surface area contributed by atoms with E-state index in [0.717, 1.165) is 31.4 Å². The van der Waals surface area contributed by atoms with E-state index in [4.69, 9.17) is 5.73 Å². The van der Waals surface area contributed by atoms with Crippen LogP contribution in [0.2, 0.25) is 0 Å². The molecule has 0 fully saturated rings. The molecule has 1 unspecified atom stereocenters. The normalized spacial score (nSPS) is 19.0. The average Bonchev–Trinajstić information content (AvgIpc) is 2.61. The Balaban J connectivity index is 2.64. The van der Waals surface area contributed by atoms with Crippen molar-refractivity contribution >= 4 is 0 Å². The molecule has 0 spiro atoms. The zero-order chi connectivity index (χ0) is 18.5. The van der Waals surface area contributed by atoms with Crippen molar-refractivity contribution in [3.63, 3.8) is 0 Å². The van der Waals surface area contributed by atoms with Gasteiger partial charge >= 0.3 is 0 Å². The minimum absolute atomic E-state index is 0.678. The van der Waals surface area contributed by atoms with Gasteiger partial charge in [-0.3, -0.25) is 0 Å². The third-order valence-electron chi connectivity index (χ3n) is 4.51. The fourth-order valence-electron chi connectivity index (χ4n) is 2.91. The molecule has 0 saturated carbocycles. The molecule has 1 aliphatic rings. The molecular formula is C24H35N. The van der Waals surface area contributed by atoms with Crippen LogP contribution in [0, 0.1) is 5.92 Å². The summed E-state index contributed by atoms with van der Waals surface area (Å²) >= 11 is 0. The van der Waals surface area contributed by atoms with E-state index in [9.17, 15) is 0 Å². The predicted molar refractivity (Wildman–Crippen MR) is 113 cm³/mol. The second-order valence-corrected chi connectivity index (χ2v) is 6.79. The number of rotatable bonds is 10. The molecule has 0 aromatic carbocycles. The summed E-state index contributed by atoms with van der Waals surface area (Å²) in [7, 11) is 0. The Hall–Kier alpha value is -1.86. The Kier molecular flexibility index (Phi) is 10.6. The molecule has 1 nitrogen and oxygen atoms in total. The van der Waals surface area contributed by atoms with Crippen LogP contribution in [0.4, 0.5) is 0 Å². The van der Waals surface area contributed by atoms with E-state index in [1.165, 1.54) is 29.6 Å². The quantitative estimate of drug-likeness (QED) is 0.353. The van der Waals surface area contributed by atoms with Crippen molar-refractivity contribution in [2.75, 3.05) is 6.54 Å². The third kappa shape index (κ3) is 9.26. The van der Waals surface area contributed by atoms with Crippen molar-refractivity contribution in [1.82, 2.24) is 0 Å². The molecule has 25 heavy (non-hydrogen) atoms. The van der Waals surface area contributed by atoms with E-state index >= 15 is 0 Å². The first-order valence-electron chi connectivity index (χ1n) is 9.45. The Morgan fingerprint density at radius 2 is 2.04 bits per heavy atom. The van der Waals surface area contributed by atoms with Crippen LogP contribution in [0.25, 0.3) is 0 Å². The van der Waals surface area contributed by atoms with Crippen LogP contribution in [0.1, 0.15) is 52.9 Å². The van der Waals surface area contributed by atoms with Crippen LogP contribution < -0.4 is 5.73 Å². The van der Waals surface area contributed by atoms with Gasteiger partial charge in [0.2, 0.25) is 0 Å². The van der Waals surface area contributed by atoms with Gasteiger partial charge in [-0.1, -0.05) is 72.4 Å². The van der Waals surface area contributed by atoms with E-state index in [1.54, 1.807) is 0 Å². The van der Waals surface area contributed by atoms with Crippen LogP contribution in [0.15, 0.2) is 83.6 Å². The van der Waals surface area contributed by atoms with Gasteiger partial charge in [0, 0.05) is 0 Å². The first-order chi connectivity index (χ1) is 12.1. The van der Waals surface area contributed by atoms with E-state index < -0.39 is 0 Å². The first-order valence-corrected chi connectivity index (χ1v) is 9.45. The van der Waals surface area contributed by atoms with Crippen LogP contribution >= 0.6 is 0 Å². The SMILES string of the molecule is C=C(/C=C(C)\C=C/C)/C(C)=C/C/C(=C\CCN)CCC1C=CC=CC1. The Labute approximate surface area is 155 Å². The van der Waals surface area contributed by atoms with Crippen LogP contribution in [-0.2, 0) is 0 Å². The summed E-state index contributed by atoms with van der Waals surface area (Å²) in [4.78, 5) is 0. The molecule has 0 saturated heterocycles. The van der Waals surface area contributed by atoms with Crippen molar-refractivity contribution in [3.05, 3.63) is 83.6 Å². The molecule has 1 rings (SSSR count). The second kappa shape index (κ2) is 12.5. The fraction of sp³-hybridized carbons (Fsp3) is 0.417. The molecule has 0 bridgehead atoms. The molecule has 0 radical (unpaired) electrons. The highest BCUT2D eigenvalue weighted by atomic mass is 14.5. The summed E-state index contributed by atoms with van der Waals surface area (Å²) in [5, 5.41) is 0. The molecular weight excluding hydrogens is 302 g/mol. The lowest BCUT2D eigenvalue weighted by atomic mass is 9.92. The summed E-state index contributed by atoms with van der Waals surface area (Å²) in [5.41, 5.74) is 10.8. The van der Waals surface area contributed by atoms with Crippen LogP contribution in [0.5, 0.6) is 0 Å². The standard InChI is InChI=1S/C24H35N/c1-5-10-20(2)19-22(4)21(3)14-15-24(13-9-18-25)17-16-23-11-7-6-8-12-23/h5-8,10-11,13-14,19,23H,4,9,12,15-18,25H2,1-3H3/b10-5-,20-19-,21-14+,24-13+. The summed E-state index contributed by atoms with van der Waals surface area (Å²) in [6, 6.07) is 0. The molecule has 0 heterocycles. The summed E-state index contributed by atoms with van der Waals surface area (Å²) in [5.74, 6) is 0.678. The fourth-order valence-corrected chi connectivity index (χ4v) is 2.91. The highest BCUT2D eigenvalue weighted by Crippen LogP contribution is 2.23. The Morgan fingerprint density at radius 3 is 2.68 bits per heavy atom.